The van der Waals surface area contributed by atoms with Gasteiger partial charge in [-0.2, -0.15) is 0 Å². The van der Waals surface area contributed by atoms with Crippen molar-refractivity contribution in [1.82, 2.24) is 15.3 Å². The Labute approximate surface area is 303 Å². The molecular weight excluding hydrogens is 635 g/mol. The average molecular weight is 672 g/mol. The second-order valence-corrected chi connectivity index (χ2v) is 13.8. The number of aliphatic imine (C=N–C) groups is 2. The van der Waals surface area contributed by atoms with Gasteiger partial charge >= 0.3 is 0 Å². The number of aromatic nitrogens is 2. The molecule has 2 aliphatic rings. The molecule has 5 aromatic carbocycles. The molecule has 1 aliphatic heterocycles. The van der Waals surface area contributed by atoms with Crippen LogP contribution in [0.5, 0.6) is 0 Å². The molecule has 0 radical (unpaired) electrons. The van der Waals surface area contributed by atoms with Crippen LogP contribution >= 0.6 is 0 Å². The first kappa shape index (κ1) is 31.5. The fraction of sp³-hybridized carbons (Fsp3) is 0.106. The molecule has 9 rings (SSSR count). The molecule has 2 unspecified atom stereocenters. The third kappa shape index (κ3) is 5.80. The van der Waals surface area contributed by atoms with E-state index in [-0.39, 0.29) is 0 Å². The summed E-state index contributed by atoms with van der Waals surface area (Å²) in [5, 5.41) is 6.01. The topological polar surface area (TPSA) is 62.5 Å². The third-order valence-corrected chi connectivity index (χ3v) is 10.3. The van der Waals surface area contributed by atoms with Gasteiger partial charge in [-0.05, 0) is 47.2 Å². The van der Waals surface area contributed by atoms with Crippen molar-refractivity contribution >= 4 is 33.5 Å². The summed E-state index contributed by atoms with van der Waals surface area (Å²) in [5.74, 6) is 2.07. The summed E-state index contributed by atoms with van der Waals surface area (Å²) in [6, 6.07) is 48.7. The normalized spacial score (nSPS) is 19.8. The van der Waals surface area contributed by atoms with Crippen LogP contribution in [0.15, 0.2) is 186 Å². The van der Waals surface area contributed by atoms with Gasteiger partial charge in [-0.25, -0.2) is 9.98 Å². The van der Waals surface area contributed by atoms with Crippen LogP contribution in [0, 0.1) is 5.92 Å². The monoisotopic (exact) mass is 671 g/mol. The molecule has 0 bridgehead atoms. The Bertz CT molecular complexity index is 2550. The highest BCUT2D eigenvalue weighted by atomic mass is 15.2. The van der Waals surface area contributed by atoms with E-state index >= 15 is 0 Å². The van der Waals surface area contributed by atoms with Crippen molar-refractivity contribution in [1.29, 1.82) is 0 Å². The first-order chi connectivity index (χ1) is 25.5. The second-order valence-electron chi connectivity index (χ2n) is 13.8. The smallest absolute Gasteiger partial charge is 0.159 e. The Morgan fingerprint density at radius 3 is 1.73 bits per heavy atom. The van der Waals surface area contributed by atoms with Crippen LogP contribution in [0.3, 0.4) is 0 Å². The Morgan fingerprint density at radius 2 is 1.13 bits per heavy atom. The number of nitrogens with one attached hydrogen (secondary N) is 1. The molecular formula is C47H37N5. The zero-order chi connectivity index (χ0) is 35.1. The van der Waals surface area contributed by atoms with Crippen molar-refractivity contribution in [2.75, 3.05) is 0 Å². The summed E-state index contributed by atoms with van der Waals surface area (Å²) in [7, 11) is 0. The largest absolute Gasteiger partial charge is 0.342 e. The Balaban J connectivity index is 1.10. The van der Waals surface area contributed by atoms with Gasteiger partial charge in [-0.3, -0.25) is 9.97 Å². The SMILES string of the molecule is CC1C=C([C@]2(C)N=C(c3ccc(-c4cccc5cccnc45)cc3)N=C(c3ccc(-c4cccc5cccnc45)cc3)N2)C=CC1c1ccccc1. The van der Waals surface area contributed by atoms with E-state index in [9.17, 15) is 0 Å². The second kappa shape index (κ2) is 13.0. The number of amidine groups is 2. The van der Waals surface area contributed by atoms with Crippen molar-refractivity contribution in [3.05, 3.63) is 192 Å². The van der Waals surface area contributed by atoms with E-state index < -0.39 is 5.66 Å². The van der Waals surface area contributed by atoms with Crippen LogP contribution in [0.4, 0.5) is 0 Å². The number of hydrogen-bond donors (Lipinski definition) is 1. The molecule has 0 spiro atoms. The van der Waals surface area contributed by atoms with Crippen LogP contribution in [0.1, 0.15) is 36.5 Å². The predicted molar refractivity (Wildman–Crippen MR) is 215 cm³/mol. The van der Waals surface area contributed by atoms with Crippen LogP contribution in [-0.4, -0.2) is 27.3 Å². The fourth-order valence-electron chi connectivity index (χ4n) is 7.55. The molecule has 7 aromatic rings. The number of para-hydroxylation sites is 2. The van der Waals surface area contributed by atoms with Crippen molar-refractivity contribution in [2.24, 2.45) is 15.9 Å². The molecule has 2 aromatic heterocycles. The number of pyridine rings is 2. The van der Waals surface area contributed by atoms with Gasteiger partial charge in [0.15, 0.2) is 11.5 Å². The Kier molecular flexibility index (Phi) is 7.89. The van der Waals surface area contributed by atoms with E-state index in [1.807, 2.05) is 24.5 Å². The van der Waals surface area contributed by atoms with Crippen molar-refractivity contribution in [2.45, 2.75) is 25.4 Å². The van der Waals surface area contributed by atoms with E-state index in [1.54, 1.807) is 0 Å². The van der Waals surface area contributed by atoms with Crippen LogP contribution < -0.4 is 5.32 Å². The molecule has 0 fully saturated rings. The standard InChI is InChI=1S/C47H37N5/c1-31-30-39(26-27-40(31)32-10-4-3-5-11-32)47(2)51-45(37-22-18-33(19-23-37)41-16-6-12-35-14-8-28-48-43(35)41)50-46(52-47)38-24-20-34(21-25-38)42-17-7-13-36-15-9-29-49-44(36)42/h3-31,40H,1-2H3,(H,50,51,52). The summed E-state index contributed by atoms with van der Waals surface area (Å²) >= 11 is 0. The summed E-state index contributed by atoms with van der Waals surface area (Å²) in [6.07, 6.45) is 10.6. The van der Waals surface area contributed by atoms with E-state index in [4.69, 9.17) is 9.98 Å². The molecule has 1 N–H and O–H groups in total. The zero-order valence-corrected chi connectivity index (χ0v) is 29.1. The molecule has 1 aliphatic carbocycles. The number of fused-ring (bicyclic) bond motifs is 2. The first-order valence-electron chi connectivity index (χ1n) is 17.8. The quantitative estimate of drug-likeness (QED) is 0.191. The van der Waals surface area contributed by atoms with E-state index in [0.717, 1.165) is 66.6 Å². The summed E-state index contributed by atoms with van der Waals surface area (Å²) in [5.41, 5.74) is 10.1. The van der Waals surface area contributed by atoms with E-state index in [1.165, 1.54) is 5.56 Å². The summed E-state index contributed by atoms with van der Waals surface area (Å²) < 4.78 is 0. The maximum Gasteiger partial charge on any atom is 0.159 e. The molecule has 52 heavy (non-hydrogen) atoms. The van der Waals surface area contributed by atoms with Crippen molar-refractivity contribution < 1.29 is 0 Å². The van der Waals surface area contributed by atoms with Crippen LogP contribution in [0.25, 0.3) is 44.1 Å². The average Bonchev–Trinajstić information content (AvgIpc) is 3.20. The minimum atomic E-state index is -0.741. The fourth-order valence-corrected chi connectivity index (χ4v) is 7.55. The number of nitrogens with zero attached hydrogens (tertiary/aromatic N) is 4. The molecule has 250 valence electrons. The Morgan fingerprint density at radius 1 is 0.577 bits per heavy atom. The van der Waals surface area contributed by atoms with Crippen LogP contribution in [0.2, 0.25) is 0 Å². The van der Waals surface area contributed by atoms with Gasteiger partial charge in [0.1, 0.15) is 5.84 Å². The van der Waals surface area contributed by atoms with Crippen molar-refractivity contribution in [3.8, 4) is 22.3 Å². The lowest BCUT2D eigenvalue weighted by molar-refractivity contribution is 0.502. The molecule has 5 heteroatoms. The zero-order valence-electron chi connectivity index (χ0n) is 29.1. The lowest BCUT2D eigenvalue weighted by atomic mass is 9.80. The van der Waals surface area contributed by atoms with Gasteiger partial charge in [0.05, 0.1) is 11.0 Å². The van der Waals surface area contributed by atoms with Gasteiger partial charge in [0, 0.05) is 51.3 Å². The summed E-state index contributed by atoms with van der Waals surface area (Å²) in [6.45, 7) is 4.44. The molecule has 3 atom stereocenters. The maximum absolute atomic E-state index is 5.35. The molecule has 3 heterocycles. The van der Waals surface area contributed by atoms with Gasteiger partial charge in [0.25, 0.3) is 0 Å². The lowest BCUT2D eigenvalue weighted by Gasteiger charge is -2.36. The van der Waals surface area contributed by atoms with Gasteiger partial charge in [0.2, 0.25) is 0 Å². The van der Waals surface area contributed by atoms with Crippen LogP contribution in [-0.2, 0) is 0 Å². The van der Waals surface area contributed by atoms with E-state index in [0.29, 0.717) is 17.7 Å². The van der Waals surface area contributed by atoms with Gasteiger partial charge < -0.3 is 5.32 Å². The first-order valence-corrected chi connectivity index (χ1v) is 17.8. The highest BCUT2D eigenvalue weighted by Gasteiger charge is 2.35. The number of hydrogen-bond acceptors (Lipinski definition) is 5. The summed E-state index contributed by atoms with van der Waals surface area (Å²) in [4.78, 5) is 19.9. The number of benzene rings is 5. The molecule has 0 saturated heterocycles. The van der Waals surface area contributed by atoms with E-state index in [2.05, 4.69) is 175 Å². The maximum atomic E-state index is 5.35. The highest BCUT2D eigenvalue weighted by molar-refractivity contribution is 6.14. The Hall–Kier alpha value is -6.46. The lowest BCUT2D eigenvalue weighted by Crippen LogP contribution is -2.50. The van der Waals surface area contributed by atoms with Crippen molar-refractivity contribution in [3.63, 3.8) is 0 Å². The molecule has 5 nitrogen and oxygen atoms in total. The minimum absolute atomic E-state index is 0.296. The number of rotatable bonds is 6. The van der Waals surface area contributed by atoms with Gasteiger partial charge in [-0.15, -0.1) is 0 Å². The highest BCUT2D eigenvalue weighted by Crippen LogP contribution is 2.37. The molecule has 0 saturated carbocycles. The predicted octanol–water partition coefficient (Wildman–Crippen LogP) is 10.5. The number of allylic oxidation sites excluding steroid dienone is 2. The van der Waals surface area contributed by atoms with Gasteiger partial charge in [-0.1, -0.05) is 153 Å². The third-order valence-electron chi connectivity index (χ3n) is 10.3. The minimum Gasteiger partial charge on any atom is -0.342 e. The molecule has 0 amide bonds.